The molecule has 0 unspecified atom stereocenters. The van der Waals surface area contributed by atoms with Crippen molar-refractivity contribution in [1.82, 2.24) is 14.5 Å². The van der Waals surface area contributed by atoms with E-state index in [-0.39, 0.29) is 17.9 Å². The molecule has 0 aliphatic rings. The van der Waals surface area contributed by atoms with Gasteiger partial charge in [-0.15, -0.1) is 11.3 Å². The van der Waals surface area contributed by atoms with Crippen LogP contribution in [-0.4, -0.2) is 15.0 Å². The lowest BCUT2D eigenvalue weighted by Gasteiger charge is -2.15. The largest absolute Gasteiger partial charge is 0.351 e. The standard InChI is InChI=1S/C29H25N3O3S/c1-20-7-2-3-8-22(20)19-31-26-11-5-4-10-25(26)28(34)32(29(31)35)23-14-12-21(13-15-23)17-27(33)30-18-24-9-6-16-36-24/h2-16H,17-19H2,1H3,(H,30,33). The quantitative estimate of drug-likeness (QED) is 0.363. The Bertz CT molecular complexity index is 1650. The topological polar surface area (TPSA) is 73.1 Å². The summed E-state index contributed by atoms with van der Waals surface area (Å²) in [7, 11) is 0. The number of benzene rings is 3. The van der Waals surface area contributed by atoms with Crippen molar-refractivity contribution in [3.63, 3.8) is 0 Å². The highest BCUT2D eigenvalue weighted by Gasteiger charge is 2.15. The van der Waals surface area contributed by atoms with E-state index in [4.69, 9.17) is 0 Å². The molecule has 0 spiro atoms. The van der Waals surface area contributed by atoms with E-state index in [1.807, 2.05) is 54.8 Å². The van der Waals surface area contributed by atoms with Gasteiger partial charge in [0.2, 0.25) is 5.91 Å². The summed E-state index contributed by atoms with van der Waals surface area (Å²) in [4.78, 5) is 40.5. The first-order chi connectivity index (χ1) is 17.5. The fourth-order valence-corrected chi connectivity index (χ4v) is 4.91. The molecule has 0 radical (unpaired) electrons. The van der Waals surface area contributed by atoms with Crippen LogP contribution in [0.3, 0.4) is 0 Å². The minimum Gasteiger partial charge on any atom is -0.351 e. The molecule has 7 heteroatoms. The van der Waals surface area contributed by atoms with Gasteiger partial charge in [-0.1, -0.05) is 54.6 Å². The number of aromatic nitrogens is 2. The lowest BCUT2D eigenvalue weighted by molar-refractivity contribution is -0.120. The van der Waals surface area contributed by atoms with Crippen molar-refractivity contribution in [2.24, 2.45) is 0 Å². The van der Waals surface area contributed by atoms with Gasteiger partial charge in [0.15, 0.2) is 0 Å². The van der Waals surface area contributed by atoms with E-state index in [1.165, 1.54) is 4.57 Å². The fourth-order valence-electron chi connectivity index (χ4n) is 4.27. The maximum absolute atomic E-state index is 13.6. The zero-order valence-corrected chi connectivity index (χ0v) is 20.6. The SMILES string of the molecule is Cc1ccccc1Cn1c(=O)n(-c2ccc(CC(=O)NCc3cccs3)cc2)c(=O)c2ccccc21. The van der Waals surface area contributed by atoms with Gasteiger partial charge in [0.1, 0.15) is 0 Å². The van der Waals surface area contributed by atoms with Crippen LogP contribution < -0.4 is 16.6 Å². The number of para-hydroxylation sites is 1. The van der Waals surface area contributed by atoms with Crippen molar-refractivity contribution in [3.8, 4) is 5.69 Å². The van der Waals surface area contributed by atoms with Gasteiger partial charge in [0.25, 0.3) is 5.56 Å². The minimum absolute atomic E-state index is 0.0837. The van der Waals surface area contributed by atoms with E-state index in [1.54, 1.807) is 58.4 Å². The third-order valence-electron chi connectivity index (χ3n) is 6.24. The van der Waals surface area contributed by atoms with Gasteiger partial charge in [-0.25, -0.2) is 9.36 Å². The van der Waals surface area contributed by atoms with Crippen molar-refractivity contribution in [2.75, 3.05) is 0 Å². The Kier molecular flexibility index (Phi) is 6.64. The van der Waals surface area contributed by atoms with Gasteiger partial charge in [-0.2, -0.15) is 0 Å². The van der Waals surface area contributed by atoms with Crippen LogP contribution in [0.5, 0.6) is 0 Å². The molecule has 1 amide bonds. The van der Waals surface area contributed by atoms with Crippen LogP contribution in [0.2, 0.25) is 0 Å². The molecule has 0 bridgehead atoms. The monoisotopic (exact) mass is 495 g/mol. The summed E-state index contributed by atoms with van der Waals surface area (Å²) in [5, 5.41) is 5.37. The van der Waals surface area contributed by atoms with Crippen LogP contribution in [-0.2, 0) is 24.3 Å². The van der Waals surface area contributed by atoms with E-state index in [9.17, 15) is 14.4 Å². The molecular formula is C29H25N3O3S. The number of nitrogens with zero attached hydrogens (tertiary/aromatic N) is 2. The van der Waals surface area contributed by atoms with Crippen LogP contribution in [0, 0.1) is 6.92 Å². The second kappa shape index (κ2) is 10.2. The third-order valence-corrected chi connectivity index (χ3v) is 7.12. The van der Waals surface area contributed by atoms with Crippen LogP contribution >= 0.6 is 11.3 Å². The molecule has 36 heavy (non-hydrogen) atoms. The highest BCUT2D eigenvalue weighted by atomic mass is 32.1. The Balaban J connectivity index is 1.47. The molecule has 5 aromatic rings. The Labute approximate surface area is 212 Å². The van der Waals surface area contributed by atoms with Gasteiger partial charge in [0.05, 0.1) is 36.1 Å². The highest BCUT2D eigenvalue weighted by molar-refractivity contribution is 7.09. The molecule has 0 saturated heterocycles. The van der Waals surface area contributed by atoms with E-state index in [0.29, 0.717) is 29.7 Å². The lowest BCUT2D eigenvalue weighted by atomic mass is 10.1. The number of amides is 1. The average molecular weight is 496 g/mol. The second-order valence-electron chi connectivity index (χ2n) is 8.65. The number of aryl methyl sites for hydroxylation is 1. The first-order valence-corrected chi connectivity index (χ1v) is 12.6. The summed E-state index contributed by atoms with van der Waals surface area (Å²) in [6, 6.07) is 26.0. The second-order valence-corrected chi connectivity index (χ2v) is 9.68. The van der Waals surface area contributed by atoms with Crippen molar-refractivity contribution in [2.45, 2.75) is 26.4 Å². The molecule has 3 aromatic carbocycles. The van der Waals surface area contributed by atoms with Crippen LogP contribution in [0.4, 0.5) is 0 Å². The van der Waals surface area contributed by atoms with Crippen molar-refractivity contribution < 1.29 is 4.79 Å². The van der Waals surface area contributed by atoms with E-state index in [0.717, 1.165) is 21.6 Å². The van der Waals surface area contributed by atoms with Crippen LogP contribution in [0.1, 0.15) is 21.6 Å². The third kappa shape index (κ3) is 4.78. The summed E-state index contributed by atoms with van der Waals surface area (Å²) in [6.07, 6.45) is 0.218. The Morgan fingerprint density at radius 3 is 2.39 bits per heavy atom. The predicted molar refractivity (Wildman–Crippen MR) is 144 cm³/mol. The summed E-state index contributed by atoms with van der Waals surface area (Å²) in [5.74, 6) is -0.0837. The summed E-state index contributed by atoms with van der Waals surface area (Å²) < 4.78 is 2.85. The summed E-state index contributed by atoms with van der Waals surface area (Å²) >= 11 is 1.60. The molecule has 180 valence electrons. The molecule has 0 aliphatic carbocycles. The molecule has 2 aromatic heterocycles. The van der Waals surface area contributed by atoms with Crippen molar-refractivity contribution >= 4 is 28.1 Å². The number of carbonyl (C=O) groups is 1. The Morgan fingerprint density at radius 2 is 1.64 bits per heavy atom. The van der Waals surface area contributed by atoms with E-state index >= 15 is 0 Å². The number of hydrogen-bond donors (Lipinski definition) is 1. The number of nitrogens with one attached hydrogen (secondary N) is 1. The maximum Gasteiger partial charge on any atom is 0.336 e. The van der Waals surface area contributed by atoms with E-state index in [2.05, 4.69) is 5.32 Å². The smallest absolute Gasteiger partial charge is 0.336 e. The van der Waals surface area contributed by atoms with E-state index < -0.39 is 5.69 Å². The molecule has 5 rings (SSSR count). The van der Waals surface area contributed by atoms with Crippen molar-refractivity contribution in [1.29, 1.82) is 0 Å². The molecule has 1 N–H and O–H groups in total. The number of carbonyl (C=O) groups excluding carboxylic acids is 1. The van der Waals surface area contributed by atoms with Crippen LogP contribution in [0.15, 0.2) is 99.9 Å². The van der Waals surface area contributed by atoms with Gasteiger partial charge in [-0.05, 0) is 59.3 Å². The highest BCUT2D eigenvalue weighted by Crippen LogP contribution is 2.15. The minimum atomic E-state index is -0.400. The fraction of sp³-hybridized carbons (Fsp3) is 0.138. The molecule has 0 atom stereocenters. The van der Waals surface area contributed by atoms with Gasteiger partial charge >= 0.3 is 5.69 Å². The lowest BCUT2D eigenvalue weighted by Crippen LogP contribution is -2.39. The van der Waals surface area contributed by atoms with Gasteiger partial charge < -0.3 is 5.32 Å². The number of rotatable bonds is 7. The average Bonchev–Trinajstić information content (AvgIpc) is 3.41. The van der Waals surface area contributed by atoms with Crippen molar-refractivity contribution in [3.05, 3.63) is 133 Å². The molecule has 2 heterocycles. The van der Waals surface area contributed by atoms with Gasteiger partial charge in [-0.3, -0.25) is 14.2 Å². The number of thiophene rings is 1. The molecule has 0 aliphatic heterocycles. The number of hydrogen-bond acceptors (Lipinski definition) is 4. The van der Waals surface area contributed by atoms with Crippen LogP contribution in [0.25, 0.3) is 16.6 Å². The normalized spacial score (nSPS) is 11.0. The zero-order valence-electron chi connectivity index (χ0n) is 19.8. The maximum atomic E-state index is 13.6. The first-order valence-electron chi connectivity index (χ1n) is 11.7. The number of fused-ring (bicyclic) bond motifs is 1. The molecular weight excluding hydrogens is 470 g/mol. The Morgan fingerprint density at radius 1 is 0.889 bits per heavy atom. The molecule has 0 fully saturated rings. The predicted octanol–water partition coefficient (Wildman–Crippen LogP) is 4.43. The Hall–Kier alpha value is -4.23. The molecule has 0 saturated carbocycles. The molecule has 6 nitrogen and oxygen atoms in total. The zero-order chi connectivity index (χ0) is 25.1. The first kappa shape index (κ1) is 23.5. The van der Waals surface area contributed by atoms with Gasteiger partial charge in [0, 0.05) is 4.88 Å². The summed E-state index contributed by atoms with van der Waals surface area (Å²) in [6.45, 7) is 2.87. The summed E-state index contributed by atoms with van der Waals surface area (Å²) in [5.41, 5.74) is 3.20.